The lowest BCUT2D eigenvalue weighted by Crippen LogP contribution is -2.46. The summed E-state index contributed by atoms with van der Waals surface area (Å²) in [6.07, 6.45) is -0.919. The molecule has 1 rings (SSSR count). The summed E-state index contributed by atoms with van der Waals surface area (Å²) in [4.78, 5) is 33.2. The Morgan fingerprint density at radius 1 is 1.38 bits per heavy atom. The number of ether oxygens (including phenoxy) is 2. The van der Waals surface area contributed by atoms with E-state index in [9.17, 15) is 19.7 Å². The van der Waals surface area contributed by atoms with E-state index in [-0.39, 0.29) is 11.4 Å². The number of nitrogens with zero attached hydrogens (tertiary/aromatic N) is 1. The molecule has 1 atom stereocenters. The summed E-state index contributed by atoms with van der Waals surface area (Å²) in [6.45, 7) is 6.13. The van der Waals surface area contributed by atoms with E-state index in [2.05, 4.69) is 5.32 Å². The van der Waals surface area contributed by atoms with Crippen molar-refractivity contribution >= 4 is 17.7 Å². The van der Waals surface area contributed by atoms with Gasteiger partial charge in [0, 0.05) is 6.07 Å². The molecule has 0 unspecified atom stereocenters. The topological polar surface area (TPSA) is 128 Å². The Morgan fingerprint density at radius 2 is 2.00 bits per heavy atom. The van der Waals surface area contributed by atoms with Gasteiger partial charge in [-0.05, 0) is 39.3 Å². The van der Waals surface area contributed by atoms with E-state index < -0.39 is 35.2 Å². The van der Waals surface area contributed by atoms with Gasteiger partial charge in [-0.25, -0.2) is 9.59 Å². The Labute approximate surface area is 138 Å². The van der Waals surface area contributed by atoms with Gasteiger partial charge in [-0.3, -0.25) is 10.1 Å². The first-order valence-electron chi connectivity index (χ1n) is 7.10. The second kappa shape index (κ2) is 7.62. The molecule has 0 fully saturated rings. The molecule has 9 nitrogen and oxygen atoms in total. The number of carbonyl (C=O) groups excluding carboxylic acids is 1. The van der Waals surface area contributed by atoms with Crippen molar-refractivity contribution in [1.82, 2.24) is 5.32 Å². The number of aliphatic carboxylic acids is 1. The third-order valence-corrected chi connectivity index (χ3v) is 2.71. The summed E-state index contributed by atoms with van der Waals surface area (Å²) in [5.74, 6) is -1.42. The average Bonchev–Trinajstić information content (AvgIpc) is 2.40. The van der Waals surface area contributed by atoms with E-state index in [1.54, 1.807) is 33.8 Å². The summed E-state index contributed by atoms with van der Waals surface area (Å²) >= 11 is 0. The number of amides is 1. The van der Waals surface area contributed by atoms with Gasteiger partial charge in [0.1, 0.15) is 12.2 Å². The minimum atomic E-state index is -1.42. The van der Waals surface area contributed by atoms with Crippen molar-refractivity contribution in [2.24, 2.45) is 0 Å². The van der Waals surface area contributed by atoms with Crippen molar-refractivity contribution in [3.05, 3.63) is 33.9 Å². The SMILES string of the molecule is Cc1ccc([N+](=O)[O-])c(OC[C@@H](NC(=O)OC(C)(C)C)C(=O)O)c1. The molecule has 0 bridgehead atoms. The van der Waals surface area contributed by atoms with Crippen LogP contribution in [0.5, 0.6) is 5.75 Å². The Bertz CT molecular complexity index is 637. The molecule has 1 aromatic rings. The van der Waals surface area contributed by atoms with Crippen molar-refractivity contribution in [3.63, 3.8) is 0 Å². The molecule has 2 N–H and O–H groups in total. The van der Waals surface area contributed by atoms with Gasteiger partial charge in [-0.15, -0.1) is 0 Å². The lowest BCUT2D eigenvalue weighted by Gasteiger charge is -2.22. The predicted octanol–water partition coefficient (Wildman–Crippen LogP) is 2.26. The number of benzene rings is 1. The van der Waals surface area contributed by atoms with Crippen molar-refractivity contribution in [3.8, 4) is 5.75 Å². The van der Waals surface area contributed by atoms with Gasteiger partial charge in [0.15, 0.2) is 11.8 Å². The molecule has 0 radical (unpaired) electrons. The minimum Gasteiger partial charge on any atom is -0.484 e. The number of nitrogens with one attached hydrogen (secondary N) is 1. The summed E-state index contributed by atoms with van der Waals surface area (Å²) in [6, 6.07) is 2.81. The van der Waals surface area contributed by atoms with Crippen molar-refractivity contribution in [2.45, 2.75) is 39.3 Å². The number of aryl methyl sites for hydroxylation is 1. The Hall–Kier alpha value is -2.84. The maximum Gasteiger partial charge on any atom is 0.408 e. The van der Waals surface area contributed by atoms with Crippen LogP contribution >= 0.6 is 0 Å². The fraction of sp³-hybridized carbons (Fsp3) is 0.467. The van der Waals surface area contributed by atoms with Gasteiger partial charge in [0.05, 0.1) is 4.92 Å². The van der Waals surface area contributed by atoms with E-state index >= 15 is 0 Å². The number of hydrogen-bond acceptors (Lipinski definition) is 6. The minimum absolute atomic E-state index is 0.0720. The second-order valence-electron chi connectivity index (χ2n) is 6.08. The molecule has 1 amide bonds. The molecule has 0 aliphatic rings. The summed E-state index contributed by atoms with van der Waals surface area (Å²) < 4.78 is 10.2. The molecule has 0 saturated carbocycles. The number of carboxylic acids is 1. The van der Waals surface area contributed by atoms with Gasteiger partial charge < -0.3 is 19.9 Å². The smallest absolute Gasteiger partial charge is 0.408 e. The van der Waals surface area contributed by atoms with Gasteiger partial charge in [0.25, 0.3) is 0 Å². The number of nitro groups is 1. The number of rotatable bonds is 6. The zero-order valence-corrected chi connectivity index (χ0v) is 13.9. The number of carboxylic acid groups (broad SMARTS) is 1. The number of carbonyl (C=O) groups is 2. The Morgan fingerprint density at radius 3 is 2.50 bits per heavy atom. The number of nitro benzene ring substituents is 1. The molecule has 0 heterocycles. The average molecular weight is 340 g/mol. The van der Waals surface area contributed by atoms with Crippen LogP contribution in [0, 0.1) is 17.0 Å². The van der Waals surface area contributed by atoms with Crippen LogP contribution in [0.2, 0.25) is 0 Å². The maximum absolute atomic E-state index is 11.7. The highest BCUT2D eigenvalue weighted by molar-refractivity contribution is 5.80. The molecular weight excluding hydrogens is 320 g/mol. The molecule has 9 heteroatoms. The highest BCUT2D eigenvalue weighted by Crippen LogP contribution is 2.27. The molecule has 0 aromatic heterocycles. The molecule has 0 spiro atoms. The fourth-order valence-electron chi connectivity index (χ4n) is 1.69. The van der Waals surface area contributed by atoms with Crippen molar-refractivity contribution < 1.29 is 29.1 Å². The standard InChI is InChI=1S/C15H20N2O7/c1-9-5-6-11(17(21)22)12(7-9)23-8-10(13(18)19)16-14(20)24-15(2,3)4/h5-7,10H,8H2,1-4H3,(H,16,20)(H,18,19)/t10-/m1/s1. The highest BCUT2D eigenvalue weighted by Gasteiger charge is 2.26. The Balaban J connectivity index is 2.81. The summed E-state index contributed by atoms with van der Waals surface area (Å²) in [7, 11) is 0. The fourth-order valence-corrected chi connectivity index (χ4v) is 1.69. The normalized spacial score (nSPS) is 12.2. The van der Waals surface area contributed by atoms with Crippen LogP contribution in [-0.2, 0) is 9.53 Å². The third-order valence-electron chi connectivity index (χ3n) is 2.71. The highest BCUT2D eigenvalue weighted by atomic mass is 16.6. The number of alkyl carbamates (subject to hydrolysis) is 1. The van der Waals surface area contributed by atoms with Crippen LogP contribution in [0.4, 0.5) is 10.5 Å². The molecule has 0 saturated heterocycles. The monoisotopic (exact) mass is 340 g/mol. The van der Waals surface area contributed by atoms with Crippen LogP contribution in [0.15, 0.2) is 18.2 Å². The number of hydrogen-bond donors (Lipinski definition) is 2. The Kier molecular flexibility index (Phi) is 6.10. The quantitative estimate of drug-likeness (QED) is 0.600. The molecular formula is C15H20N2O7. The van der Waals surface area contributed by atoms with E-state index in [1.165, 1.54) is 12.1 Å². The zero-order chi connectivity index (χ0) is 18.5. The molecule has 1 aromatic carbocycles. The molecule has 0 aliphatic carbocycles. The lowest BCUT2D eigenvalue weighted by atomic mass is 10.2. The molecule has 24 heavy (non-hydrogen) atoms. The van der Waals surface area contributed by atoms with Crippen LogP contribution in [-0.4, -0.2) is 40.3 Å². The summed E-state index contributed by atoms with van der Waals surface area (Å²) in [5.41, 5.74) is -0.367. The summed E-state index contributed by atoms with van der Waals surface area (Å²) in [5, 5.41) is 22.3. The van der Waals surface area contributed by atoms with Gasteiger partial charge in [-0.2, -0.15) is 0 Å². The van der Waals surface area contributed by atoms with Gasteiger partial charge >= 0.3 is 17.7 Å². The van der Waals surface area contributed by atoms with E-state index in [0.29, 0.717) is 5.56 Å². The van der Waals surface area contributed by atoms with E-state index in [0.717, 1.165) is 0 Å². The van der Waals surface area contributed by atoms with Crippen molar-refractivity contribution in [2.75, 3.05) is 6.61 Å². The van der Waals surface area contributed by atoms with Crippen LogP contribution in [0.1, 0.15) is 26.3 Å². The molecule has 0 aliphatic heterocycles. The van der Waals surface area contributed by atoms with Gasteiger partial charge in [0.2, 0.25) is 0 Å². The van der Waals surface area contributed by atoms with Crippen LogP contribution < -0.4 is 10.1 Å². The van der Waals surface area contributed by atoms with Crippen molar-refractivity contribution in [1.29, 1.82) is 0 Å². The predicted molar refractivity (Wildman–Crippen MR) is 84.1 cm³/mol. The van der Waals surface area contributed by atoms with E-state index in [1.807, 2.05) is 0 Å². The van der Waals surface area contributed by atoms with E-state index in [4.69, 9.17) is 14.6 Å². The first-order chi connectivity index (χ1) is 11.0. The first kappa shape index (κ1) is 19.2. The lowest BCUT2D eigenvalue weighted by molar-refractivity contribution is -0.385. The molecule has 132 valence electrons. The maximum atomic E-state index is 11.7. The zero-order valence-electron chi connectivity index (χ0n) is 13.9. The van der Waals surface area contributed by atoms with Crippen LogP contribution in [0.25, 0.3) is 0 Å². The van der Waals surface area contributed by atoms with Crippen LogP contribution in [0.3, 0.4) is 0 Å². The third kappa shape index (κ3) is 6.11. The first-order valence-corrected chi connectivity index (χ1v) is 7.10. The second-order valence-corrected chi connectivity index (χ2v) is 6.08. The largest absolute Gasteiger partial charge is 0.484 e. The van der Waals surface area contributed by atoms with Gasteiger partial charge in [-0.1, -0.05) is 6.07 Å².